The summed E-state index contributed by atoms with van der Waals surface area (Å²) in [6.07, 6.45) is 0. The van der Waals surface area contributed by atoms with Gasteiger partial charge in [0, 0.05) is 23.5 Å². The van der Waals surface area contributed by atoms with E-state index < -0.39 is 16.9 Å². The molecule has 1 heterocycles. The van der Waals surface area contributed by atoms with E-state index in [0.29, 0.717) is 21.9 Å². The van der Waals surface area contributed by atoms with Crippen LogP contribution in [-0.2, 0) is 9.53 Å². The number of nitrogens with one attached hydrogen (secondary N) is 1. The molecule has 0 unspecified atom stereocenters. The zero-order chi connectivity index (χ0) is 20.3. The molecule has 0 aliphatic carbocycles. The smallest absolute Gasteiger partial charge is 0.338 e. The van der Waals surface area contributed by atoms with E-state index in [2.05, 4.69) is 5.32 Å². The molecule has 0 saturated heterocycles. The van der Waals surface area contributed by atoms with Gasteiger partial charge in [0.1, 0.15) is 0 Å². The SMILES string of the molecule is CCOC(=O)C1=C(C)N(c2ccccc2)C(=S)N[C@H]1c1cccc([N+](=O)[O-])c1. The maximum atomic E-state index is 12.8. The summed E-state index contributed by atoms with van der Waals surface area (Å²) in [6.45, 7) is 3.73. The van der Waals surface area contributed by atoms with Crippen LogP contribution in [0.2, 0.25) is 0 Å². The fraction of sp³-hybridized carbons (Fsp3) is 0.200. The Morgan fingerprint density at radius 1 is 1.25 bits per heavy atom. The number of nitro benzene ring substituents is 1. The van der Waals surface area contributed by atoms with Gasteiger partial charge in [0.05, 0.1) is 23.1 Å². The molecule has 28 heavy (non-hydrogen) atoms. The fourth-order valence-electron chi connectivity index (χ4n) is 3.17. The largest absolute Gasteiger partial charge is 0.463 e. The number of esters is 1. The van der Waals surface area contributed by atoms with Gasteiger partial charge in [-0.25, -0.2) is 4.79 Å². The Labute approximate surface area is 167 Å². The first-order valence-corrected chi connectivity index (χ1v) is 9.12. The van der Waals surface area contributed by atoms with Crippen molar-refractivity contribution in [2.45, 2.75) is 19.9 Å². The van der Waals surface area contributed by atoms with Gasteiger partial charge in [0.25, 0.3) is 5.69 Å². The number of ether oxygens (including phenoxy) is 1. The van der Waals surface area contributed by atoms with Gasteiger partial charge in [0.2, 0.25) is 0 Å². The summed E-state index contributed by atoms with van der Waals surface area (Å²) in [5.41, 5.74) is 2.28. The minimum atomic E-state index is -0.647. The molecule has 0 radical (unpaired) electrons. The van der Waals surface area contributed by atoms with Gasteiger partial charge in [-0.3, -0.25) is 15.0 Å². The molecule has 8 heteroatoms. The second kappa shape index (κ2) is 8.18. The molecule has 1 atom stereocenters. The number of allylic oxidation sites excluding steroid dienone is 1. The van der Waals surface area contributed by atoms with Crippen molar-refractivity contribution >= 4 is 34.7 Å². The molecule has 1 N–H and O–H groups in total. The van der Waals surface area contributed by atoms with E-state index in [9.17, 15) is 14.9 Å². The number of carbonyl (C=O) groups excluding carboxylic acids is 1. The Morgan fingerprint density at radius 2 is 1.96 bits per heavy atom. The Hall–Kier alpha value is -3.26. The summed E-state index contributed by atoms with van der Waals surface area (Å²) in [5, 5.41) is 14.7. The number of nitrogens with zero attached hydrogens (tertiary/aromatic N) is 2. The molecule has 2 aromatic rings. The third-order valence-corrected chi connectivity index (χ3v) is 4.71. The lowest BCUT2D eigenvalue weighted by Crippen LogP contribution is -2.48. The van der Waals surface area contributed by atoms with Crippen LogP contribution >= 0.6 is 12.2 Å². The van der Waals surface area contributed by atoms with Crippen LogP contribution in [0.25, 0.3) is 0 Å². The number of hydrogen-bond donors (Lipinski definition) is 1. The topological polar surface area (TPSA) is 84.7 Å². The van der Waals surface area contributed by atoms with Gasteiger partial charge in [-0.1, -0.05) is 30.3 Å². The molecule has 3 rings (SSSR count). The summed E-state index contributed by atoms with van der Waals surface area (Å²) in [6, 6.07) is 14.9. The van der Waals surface area contributed by atoms with E-state index in [1.54, 1.807) is 30.9 Å². The van der Waals surface area contributed by atoms with Crippen LogP contribution < -0.4 is 10.2 Å². The monoisotopic (exact) mass is 397 g/mol. The van der Waals surface area contributed by atoms with Crippen molar-refractivity contribution in [3.8, 4) is 0 Å². The zero-order valence-electron chi connectivity index (χ0n) is 15.4. The van der Waals surface area contributed by atoms with E-state index in [0.717, 1.165) is 5.69 Å². The molecule has 0 aromatic heterocycles. The third-order valence-electron chi connectivity index (χ3n) is 4.41. The quantitative estimate of drug-likeness (QED) is 0.355. The molecule has 144 valence electrons. The van der Waals surface area contributed by atoms with Crippen LogP contribution in [0.15, 0.2) is 65.9 Å². The van der Waals surface area contributed by atoms with Gasteiger partial charge >= 0.3 is 5.97 Å². The molecule has 1 aliphatic rings. The van der Waals surface area contributed by atoms with E-state index in [-0.39, 0.29) is 12.3 Å². The first-order chi connectivity index (χ1) is 13.4. The third kappa shape index (κ3) is 3.72. The lowest BCUT2D eigenvalue weighted by Gasteiger charge is -2.37. The first kappa shape index (κ1) is 19.5. The van der Waals surface area contributed by atoms with Crippen LogP contribution in [0.4, 0.5) is 11.4 Å². The number of carbonyl (C=O) groups is 1. The van der Waals surface area contributed by atoms with Gasteiger partial charge in [-0.05, 0) is 43.8 Å². The van der Waals surface area contributed by atoms with Crippen LogP contribution in [-0.4, -0.2) is 22.6 Å². The molecule has 1 aliphatic heterocycles. The number of anilines is 1. The van der Waals surface area contributed by atoms with E-state index in [1.807, 2.05) is 30.3 Å². The van der Waals surface area contributed by atoms with Crippen molar-refractivity contribution < 1.29 is 14.5 Å². The second-order valence-corrected chi connectivity index (χ2v) is 6.51. The van der Waals surface area contributed by atoms with Gasteiger partial charge < -0.3 is 10.1 Å². The lowest BCUT2D eigenvalue weighted by atomic mass is 9.94. The fourth-order valence-corrected chi connectivity index (χ4v) is 3.53. The number of benzene rings is 2. The van der Waals surface area contributed by atoms with Crippen molar-refractivity contribution in [2.24, 2.45) is 0 Å². The average Bonchev–Trinajstić information content (AvgIpc) is 2.68. The highest BCUT2D eigenvalue weighted by atomic mass is 32.1. The number of non-ortho nitro benzene ring substituents is 1. The summed E-state index contributed by atoms with van der Waals surface area (Å²) >= 11 is 5.55. The van der Waals surface area contributed by atoms with Crippen LogP contribution in [0.1, 0.15) is 25.5 Å². The highest BCUT2D eigenvalue weighted by molar-refractivity contribution is 7.80. The Balaban J connectivity index is 2.14. The highest BCUT2D eigenvalue weighted by Crippen LogP contribution is 2.35. The molecule has 0 saturated carbocycles. The maximum absolute atomic E-state index is 12.8. The summed E-state index contributed by atoms with van der Waals surface area (Å²) in [4.78, 5) is 25.2. The van der Waals surface area contributed by atoms with Gasteiger partial charge in [-0.2, -0.15) is 0 Å². The van der Waals surface area contributed by atoms with Crippen LogP contribution in [0.5, 0.6) is 0 Å². The average molecular weight is 397 g/mol. The molecule has 0 amide bonds. The molecular weight excluding hydrogens is 378 g/mol. The lowest BCUT2D eigenvalue weighted by molar-refractivity contribution is -0.384. The number of para-hydroxylation sites is 1. The molecule has 2 aromatic carbocycles. The minimum Gasteiger partial charge on any atom is -0.463 e. The molecule has 7 nitrogen and oxygen atoms in total. The Morgan fingerprint density at radius 3 is 2.61 bits per heavy atom. The second-order valence-electron chi connectivity index (χ2n) is 6.13. The van der Waals surface area contributed by atoms with Crippen molar-refractivity contribution in [1.82, 2.24) is 5.32 Å². The summed E-state index contributed by atoms with van der Waals surface area (Å²) in [5.74, 6) is -0.493. The Kier molecular flexibility index (Phi) is 5.70. The van der Waals surface area contributed by atoms with E-state index in [1.165, 1.54) is 12.1 Å². The minimum absolute atomic E-state index is 0.0587. The molecular formula is C20H19N3O4S. The normalized spacial score (nSPS) is 16.6. The van der Waals surface area contributed by atoms with Gasteiger partial charge in [0.15, 0.2) is 5.11 Å². The van der Waals surface area contributed by atoms with Crippen LogP contribution in [0, 0.1) is 10.1 Å². The summed E-state index contributed by atoms with van der Waals surface area (Å²) < 4.78 is 5.26. The van der Waals surface area contributed by atoms with Crippen LogP contribution in [0.3, 0.4) is 0 Å². The van der Waals surface area contributed by atoms with Crippen molar-refractivity contribution in [3.63, 3.8) is 0 Å². The predicted octanol–water partition coefficient (Wildman–Crippen LogP) is 3.87. The predicted molar refractivity (Wildman–Crippen MR) is 110 cm³/mol. The number of thiocarbonyl (C=S) groups is 1. The number of hydrogen-bond acceptors (Lipinski definition) is 5. The Bertz CT molecular complexity index is 959. The highest BCUT2D eigenvalue weighted by Gasteiger charge is 2.35. The maximum Gasteiger partial charge on any atom is 0.338 e. The summed E-state index contributed by atoms with van der Waals surface area (Å²) in [7, 11) is 0. The van der Waals surface area contributed by atoms with Gasteiger partial charge in [-0.15, -0.1) is 0 Å². The molecule has 0 fully saturated rings. The van der Waals surface area contributed by atoms with Crippen molar-refractivity contribution in [1.29, 1.82) is 0 Å². The number of rotatable bonds is 5. The number of nitro groups is 1. The standard InChI is InChI=1S/C20H19N3O4S/c1-3-27-19(24)17-13(2)22(15-9-5-4-6-10-15)20(28)21-18(17)14-8-7-11-16(12-14)23(25)26/h4-12,18H,3H2,1-2H3,(H,21,28)/t18-/m0/s1. The van der Waals surface area contributed by atoms with Crippen molar-refractivity contribution in [3.05, 3.63) is 81.5 Å². The van der Waals surface area contributed by atoms with E-state index in [4.69, 9.17) is 17.0 Å². The first-order valence-electron chi connectivity index (χ1n) is 8.72. The van der Waals surface area contributed by atoms with E-state index >= 15 is 0 Å². The van der Waals surface area contributed by atoms with Crippen molar-refractivity contribution in [2.75, 3.05) is 11.5 Å². The molecule has 0 bridgehead atoms. The zero-order valence-corrected chi connectivity index (χ0v) is 16.2. The molecule has 0 spiro atoms.